The first-order chi connectivity index (χ1) is 15.6. The van der Waals surface area contributed by atoms with Gasteiger partial charge < -0.3 is 10.6 Å². The van der Waals surface area contributed by atoms with E-state index in [1.54, 1.807) is 6.20 Å². The molecule has 1 saturated heterocycles. The molecule has 1 aliphatic heterocycles. The lowest BCUT2D eigenvalue weighted by Crippen LogP contribution is -2.43. The molecule has 32 heavy (non-hydrogen) atoms. The highest BCUT2D eigenvalue weighted by atomic mass is 15.2. The number of aliphatic imine (C=N–C) groups is 1. The highest BCUT2D eigenvalue weighted by Crippen LogP contribution is 2.45. The van der Waals surface area contributed by atoms with Gasteiger partial charge in [-0.1, -0.05) is 12.1 Å². The van der Waals surface area contributed by atoms with Gasteiger partial charge in [0.15, 0.2) is 0 Å². The predicted octanol–water partition coefficient (Wildman–Crippen LogP) is 4.44. The van der Waals surface area contributed by atoms with E-state index in [1.165, 1.54) is 18.4 Å². The van der Waals surface area contributed by atoms with E-state index in [2.05, 4.69) is 50.0 Å². The van der Waals surface area contributed by atoms with Crippen LogP contribution < -0.4 is 10.6 Å². The molecule has 0 aromatic carbocycles. The molecule has 1 aliphatic carbocycles. The van der Waals surface area contributed by atoms with Crippen molar-refractivity contribution >= 4 is 29.0 Å². The van der Waals surface area contributed by atoms with Gasteiger partial charge in [-0.25, -0.2) is 4.98 Å². The zero-order valence-electron chi connectivity index (χ0n) is 18.5. The van der Waals surface area contributed by atoms with E-state index in [4.69, 9.17) is 10.7 Å². The fourth-order valence-electron chi connectivity index (χ4n) is 4.42. The van der Waals surface area contributed by atoms with E-state index in [0.29, 0.717) is 5.92 Å². The smallest absolute Gasteiger partial charge is 0.132 e. The van der Waals surface area contributed by atoms with Crippen LogP contribution in [0.4, 0.5) is 5.82 Å². The molecule has 4 heterocycles. The zero-order valence-corrected chi connectivity index (χ0v) is 18.5. The molecule has 0 bridgehead atoms. The third-order valence-electron chi connectivity index (χ3n) is 6.31. The highest BCUT2D eigenvalue weighted by Gasteiger charge is 2.30. The maximum atomic E-state index is 6.29. The van der Waals surface area contributed by atoms with Gasteiger partial charge in [-0.2, -0.15) is 5.10 Å². The molecule has 3 aromatic heterocycles. The lowest BCUT2D eigenvalue weighted by molar-refractivity contribution is 0.502. The normalized spacial score (nSPS) is 19.8. The molecule has 0 amide bonds. The fraction of sp³-hybridized carbons (Fsp3) is 0.360. The average Bonchev–Trinajstić information content (AvgIpc) is 3.57. The molecule has 7 heteroatoms. The number of nitrogens with zero attached hydrogens (tertiary/aromatic N) is 5. The topological polar surface area (TPSA) is 96.1 Å². The van der Waals surface area contributed by atoms with Gasteiger partial charge in [-0.3, -0.25) is 15.1 Å². The summed E-state index contributed by atoms with van der Waals surface area (Å²) in [6, 6.07) is 6.64. The van der Waals surface area contributed by atoms with Crippen molar-refractivity contribution in [3.05, 3.63) is 54.0 Å². The second-order valence-electron chi connectivity index (χ2n) is 8.79. The summed E-state index contributed by atoms with van der Waals surface area (Å²) < 4.78 is 0. The minimum absolute atomic E-state index is 0.209. The van der Waals surface area contributed by atoms with Crippen LogP contribution in [0.25, 0.3) is 27.9 Å². The number of aromatic nitrogens is 4. The monoisotopic (exact) mass is 427 g/mol. The number of aromatic amines is 1. The Morgan fingerprint density at radius 1 is 1.31 bits per heavy atom. The summed E-state index contributed by atoms with van der Waals surface area (Å²) in [5.74, 6) is 1.71. The summed E-state index contributed by atoms with van der Waals surface area (Å²) in [5, 5.41) is 8.74. The number of nitrogens with two attached hydrogens (primary N) is 1. The van der Waals surface area contributed by atoms with Crippen molar-refractivity contribution in [3.8, 4) is 11.4 Å². The quantitative estimate of drug-likeness (QED) is 0.448. The zero-order chi connectivity index (χ0) is 22.1. The molecule has 3 N–H and O–H groups in total. The van der Waals surface area contributed by atoms with Crippen LogP contribution >= 0.6 is 0 Å². The van der Waals surface area contributed by atoms with Crippen molar-refractivity contribution < 1.29 is 0 Å². The van der Waals surface area contributed by atoms with Gasteiger partial charge in [-0.05, 0) is 74.6 Å². The molecule has 164 valence electrons. The molecule has 7 nitrogen and oxygen atoms in total. The summed E-state index contributed by atoms with van der Waals surface area (Å²) in [6.07, 6.45) is 12.0. The number of allylic oxidation sites excluding steroid dienone is 3. The Balaban J connectivity index is 1.55. The van der Waals surface area contributed by atoms with Crippen LogP contribution in [-0.4, -0.2) is 46.0 Å². The minimum Gasteiger partial charge on any atom is -0.355 e. The van der Waals surface area contributed by atoms with Crippen LogP contribution in [-0.2, 0) is 0 Å². The van der Waals surface area contributed by atoms with Gasteiger partial charge in [0.05, 0.1) is 23.1 Å². The van der Waals surface area contributed by atoms with Crippen LogP contribution in [0.3, 0.4) is 0 Å². The van der Waals surface area contributed by atoms with Crippen LogP contribution in [0.15, 0.2) is 47.7 Å². The van der Waals surface area contributed by atoms with Crippen molar-refractivity contribution in [1.29, 1.82) is 0 Å². The second kappa shape index (κ2) is 8.67. The van der Waals surface area contributed by atoms with Crippen LogP contribution in [0.1, 0.15) is 49.8 Å². The molecule has 0 radical (unpaired) electrons. The number of pyridine rings is 2. The second-order valence-corrected chi connectivity index (χ2v) is 8.79. The molecular weight excluding hydrogens is 398 g/mol. The Hall–Kier alpha value is -3.32. The minimum atomic E-state index is 0.209. The first-order valence-electron chi connectivity index (χ1n) is 11.3. The Morgan fingerprint density at radius 2 is 2.19 bits per heavy atom. The van der Waals surface area contributed by atoms with Gasteiger partial charge in [0.1, 0.15) is 11.5 Å². The number of nitrogens with one attached hydrogen (secondary N) is 1. The Labute approximate surface area is 188 Å². The largest absolute Gasteiger partial charge is 0.355 e. The van der Waals surface area contributed by atoms with E-state index in [-0.39, 0.29) is 6.04 Å². The number of piperidine rings is 1. The SMILES string of the molecule is C=N/C=C\C=C(/C)c1cc2c(-c3ccc(C4CC4)c(N4CCC[C@H](N)C4)n3)n[nH]c2cn1. The summed E-state index contributed by atoms with van der Waals surface area (Å²) in [7, 11) is 0. The van der Waals surface area contributed by atoms with Gasteiger partial charge in [0.25, 0.3) is 0 Å². The molecule has 1 atom stereocenters. The van der Waals surface area contributed by atoms with Crippen LogP contribution in [0.5, 0.6) is 0 Å². The molecule has 0 spiro atoms. The third kappa shape index (κ3) is 4.08. The molecular formula is C25H29N7. The molecule has 2 aliphatic rings. The van der Waals surface area contributed by atoms with Crippen molar-refractivity contribution in [1.82, 2.24) is 20.2 Å². The Bertz CT molecular complexity index is 1200. The Kier molecular flexibility index (Phi) is 5.57. The average molecular weight is 428 g/mol. The first-order valence-corrected chi connectivity index (χ1v) is 11.3. The molecule has 1 saturated carbocycles. The maximum Gasteiger partial charge on any atom is 0.132 e. The van der Waals surface area contributed by atoms with Gasteiger partial charge >= 0.3 is 0 Å². The predicted molar refractivity (Wildman–Crippen MR) is 131 cm³/mol. The van der Waals surface area contributed by atoms with E-state index >= 15 is 0 Å². The van der Waals surface area contributed by atoms with Crippen molar-refractivity contribution in [2.45, 2.75) is 44.6 Å². The number of hydrogen-bond donors (Lipinski definition) is 2. The maximum absolute atomic E-state index is 6.29. The molecule has 3 aromatic rings. The fourth-order valence-corrected chi connectivity index (χ4v) is 4.42. The van der Waals surface area contributed by atoms with Crippen LogP contribution in [0.2, 0.25) is 0 Å². The Morgan fingerprint density at radius 3 is 2.97 bits per heavy atom. The standard InChI is InChI=1S/C25H29N7/c1-16(5-3-11-27-2)22-13-20-23(14-28-22)30-31-24(20)21-10-9-19(17-7-8-17)25(29-21)32-12-4-6-18(26)15-32/h3,5,9-11,13-14,17-18H,2,4,6-8,12,15,26H2,1H3,(H,30,31)/b11-3-,16-5+/t18-/m0/s1. The first kappa shape index (κ1) is 20.6. The highest BCUT2D eigenvalue weighted by molar-refractivity contribution is 5.93. The summed E-state index contributed by atoms with van der Waals surface area (Å²) in [5.41, 5.74) is 12.2. The van der Waals surface area contributed by atoms with E-state index < -0.39 is 0 Å². The van der Waals surface area contributed by atoms with Crippen molar-refractivity contribution in [2.75, 3.05) is 18.0 Å². The lowest BCUT2D eigenvalue weighted by Gasteiger charge is -2.33. The molecule has 2 fully saturated rings. The van der Waals surface area contributed by atoms with E-state index in [1.807, 2.05) is 25.3 Å². The number of fused-ring (bicyclic) bond motifs is 1. The third-order valence-corrected chi connectivity index (χ3v) is 6.31. The van der Waals surface area contributed by atoms with E-state index in [9.17, 15) is 0 Å². The van der Waals surface area contributed by atoms with Crippen molar-refractivity contribution in [3.63, 3.8) is 0 Å². The van der Waals surface area contributed by atoms with Gasteiger partial charge in [0.2, 0.25) is 0 Å². The summed E-state index contributed by atoms with van der Waals surface area (Å²) in [6.45, 7) is 7.37. The van der Waals surface area contributed by atoms with Gasteiger partial charge in [-0.15, -0.1) is 0 Å². The summed E-state index contributed by atoms with van der Waals surface area (Å²) >= 11 is 0. The number of H-pyrrole nitrogens is 1. The van der Waals surface area contributed by atoms with E-state index in [0.717, 1.165) is 65.3 Å². The molecule has 0 unspecified atom stereocenters. The van der Waals surface area contributed by atoms with Crippen LogP contribution in [0, 0.1) is 0 Å². The number of rotatable bonds is 6. The number of anilines is 1. The summed E-state index contributed by atoms with van der Waals surface area (Å²) in [4.78, 5) is 15.8. The number of hydrogen-bond acceptors (Lipinski definition) is 6. The lowest BCUT2D eigenvalue weighted by atomic mass is 10.0. The molecule has 5 rings (SSSR count). The van der Waals surface area contributed by atoms with Gasteiger partial charge in [0, 0.05) is 30.7 Å². The van der Waals surface area contributed by atoms with Crippen molar-refractivity contribution in [2.24, 2.45) is 10.7 Å².